The summed E-state index contributed by atoms with van der Waals surface area (Å²) in [6.07, 6.45) is 0.796. The molecule has 0 aliphatic heterocycles. The van der Waals surface area contributed by atoms with E-state index in [0.717, 1.165) is 17.6 Å². The molecular formula is C15H22IN3O2. The summed E-state index contributed by atoms with van der Waals surface area (Å²) in [6.45, 7) is 6.88. The van der Waals surface area contributed by atoms with E-state index >= 15 is 0 Å². The number of halogens is 1. The minimum atomic E-state index is -0.328. The summed E-state index contributed by atoms with van der Waals surface area (Å²) in [5.41, 5.74) is 8.33. The number of nitrogens with one attached hydrogen (secondary N) is 1. The highest BCUT2D eigenvalue weighted by Crippen LogP contribution is 2.06. The summed E-state index contributed by atoms with van der Waals surface area (Å²) in [4.78, 5) is 15.4. The van der Waals surface area contributed by atoms with Crippen molar-refractivity contribution in [2.75, 3.05) is 20.2 Å². The average Bonchev–Trinajstić information content (AvgIpc) is 2.45. The van der Waals surface area contributed by atoms with Crippen LogP contribution in [0.25, 0.3) is 0 Å². The summed E-state index contributed by atoms with van der Waals surface area (Å²) in [6, 6.07) is 7.30. The lowest BCUT2D eigenvalue weighted by Gasteiger charge is -2.06. The number of esters is 1. The predicted octanol–water partition coefficient (Wildman–Crippen LogP) is 2.11. The topological polar surface area (TPSA) is 76.7 Å². The lowest BCUT2D eigenvalue weighted by atomic mass is 10.1. The first-order chi connectivity index (χ1) is 9.52. The van der Waals surface area contributed by atoms with Crippen molar-refractivity contribution >= 4 is 35.9 Å². The molecule has 0 amide bonds. The number of hydrogen-bond donors (Lipinski definition) is 2. The van der Waals surface area contributed by atoms with Gasteiger partial charge in [0.05, 0.1) is 19.2 Å². The fraction of sp³-hybridized carbons (Fsp3) is 0.333. The second-order valence-corrected chi connectivity index (χ2v) is 4.52. The number of hydrogen-bond acceptors (Lipinski definition) is 3. The van der Waals surface area contributed by atoms with Crippen molar-refractivity contribution < 1.29 is 9.53 Å². The number of benzene rings is 1. The lowest BCUT2D eigenvalue weighted by Crippen LogP contribution is -2.33. The number of rotatable bonds is 6. The number of methoxy groups -OCH3 is 1. The number of carbonyl (C=O) groups excluding carboxylic acids is 1. The maximum Gasteiger partial charge on any atom is 0.337 e. The normalized spacial score (nSPS) is 10.5. The lowest BCUT2D eigenvalue weighted by molar-refractivity contribution is 0.0600. The van der Waals surface area contributed by atoms with Crippen LogP contribution < -0.4 is 11.1 Å². The zero-order valence-corrected chi connectivity index (χ0v) is 14.7. The summed E-state index contributed by atoms with van der Waals surface area (Å²) in [7, 11) is 1.37. The fourth-order valence-corrected chi connectivity index (χ4v) is 1.54. The van der Waals surface area contributed by atoms with Gasteiger partial charge in [-0.25, -0.2) is 9.79 Å². The average molecular weight is 403 g/mol. The van der Waals surface area contributed by atoms with Crippen LogP contribution in [0.15, 0.2) is 41.4 Å². The molecule has 0 aliphatic carbocycles. The van der Waals surface area contributed by atoms with Crippen LogP contribution >= 0.6 is 24.0 Å². The van der Waals surface area contributed by atoms with Crippen LogP contribution in [0.2, 0.25) is 0 Å². The van der Waals surface area contributed by atoms with E-state index in [9.17, 15) is 4.79 Å². The van der Waals surface area contributed by atoms with Crippen molar-refractivity contribution in [1.29, 1.82) is 0 Å². The van der Waals surface area contributed by atoms with Crippen molar-refractivity contribution in [3.8, 4) is 0 Å². The molecule has 0 atom stereocenters. The van der Waals surface area contributed by atoms with Crippen LogP contribution in [0, 0.1) is 0 Å². The van der Waals surface area contributed by atoms with Crippen LogP contribution in [-0.2, 0) is 11.2 Å². The summed E-state index contributed by atoms with van der Waals surface area (Å²) < 4.78 is 4.64. The van der Waals surface area contributed by atoms with Gasteiger partial charge in [0.1, 0.15) is 0 Å². The smallest absolute Gasteiger partial charge is 0.337 e. The maximum atomic E-state index is 11.3. The molecular weight excluding hydrogens is 381 g/mol. The first-order valence-electron chi connectivity index (χ1n) is 6.38. The third-order valence-electron chi connectivity index (χ3n) is 2.61. The van der Waals surface area contributed by atoms with Gasteiger partial charge < -0.3 is 15.8 Å². The van der Waals surface area contributed by atoms with E-state index in [-0.39, 0.29) is 29.9 Å². The Morgan fingerprint density at radius 1 is 1.38 bits per heavy atom. The SMILES string of the molecule is C=C(C)CN=C(N)NCCc1ccc(C(=O)OC)cc1.I. The van der Waals surface area contributed by atoms with E-state index in [1.165, 1.54) is 7.11 Å². The third kappa shape index (κ3) is 7.69. The molecule has 1 rings (SSSR count). The minimum Gasteiger partial charge on any atom is -0.465 e. The van der Waals surface area contributed by atoms with Gasteiger partial charge in [-0.2, -0.15) is 0 Å². The molecule has 0 saturated heterocycles. The second-order valence-electron chi connectivity index (χ2n) is 4.52. The zero-order chi connectivity index (χ0) is 15.0. The number of nitrogens with zero attached hydrogens (tertiary/aromatic N) is 1. The number of carbonyl (C=O) groups is 1. The minimum absolute atomic E-state index is 0. The molecule has 3 N–H and O–H groups in total. The molecule has 0 heterocycles. The molecule has 116 valence electrons. The Hall–Kier alpha value is -1.57. The molecule has 1 aromatic rings. The summed E-state index contributed by atoms with van der Waals surface area (Å²) in [5.74, 6) is 0.0880. The quantitative estimate of drug-likeness (QED) is 0.251. The number of ether oxygens (including phenoxy) is 1. The number of aliphatic imine (C=N–C) groups is 1. The van der Waals surface area contributed by atoms with Crippen molar-refractivity contribution in [3.05, 3.63) is 47.5 Å². The zero-order valence-electron chi connectivity index (χ0n) is 12.4. The molecule has 0 spiro atoms. The van der Waals surface area contributed by atoms with Crippen molar-refractivity contribution in [2.45, 2.75) is 13.3 Å². The Kier molecular flexibility index (Phi) is 9.44. The van der Waals surface area contributed by atoms with Crippen LogP contribution in [0.1, 0.15) is 22.8 Å². The number of nitrogens with two attached hydrogens (primary N) is 1. The largest absolute Gasteiger partial charge is 0.465 e. The first kappa shape index (κ1) is 19.4. The Balaban J connectivity index is 0.00000400. The predicted molar refractivity (Wildman–Crippen MR) is 96.2 cm³/mol. The van der Waals surface area contributed by atoms with Gasteiger partial charge in [-0.05, 0) is 31.0 Å². The van der Waals surface area contributed by atoms with Crippen molar-refractivity contribution in [1.82, 2.24) is 5.32 Å². The van der Waals surface area contributed by atoms with Crippen molar-refractivity contribution in [3.63, 3.8) is 0 Å². The van der Waals surface area contributed by atoms with Crippen LogP contribution in [0.3, 0.4) is 0 Å². The Labute approximate surface area is 142 Å². The van der Waals surface area contributed by atoms with Gasteiger partial charge in [0.25, 0.3) is 0 Å². The van der Waals surface area contributed by atoms with Crippen LogP contribution in [0.4, 0.5) is 0 Å². The summed E-state index contributed by atoms with van der Waals surface area (Å²) >= 11 is 0. The van der Waals surface area contributed by atoms with Gasteiger partial charge >= 0.3 is 5.97 Å². The Morgan fingerprint density at radius 2 is 2.00 bits per heavy atom. The first-order valence-corrected chi connectivity index (χ1v) is 6.38. The van der Waals surface area contributed by atoms with Gasteiger partial charge in [-0.15, -0.1) is 24.0 Å². The van der Waals surface area contributed by atoms with Crippen LogP contribution in [0.5, 0.6) is 0 Å². The van der Waals surface area contributed by atoms with Crippen molar-refractivity contribution in [2.24, 2.45) is 10.7 Å². The van der Waals surface area contributed by atoms with E-state index < -0.39 is 0 Å². The van der Waals surface area contributed by atoms with Gasteiger partial charge in [-0.1, -0.05) is 24.3 Å². The molecule has 0 aromatic heterocycles. The van der Waals surface area contributed by atoms with E-state index in [4.69, 9.17) is 5.73 Å². The molecule has 0 unspecified atom stereocenters. The van der Waals surface area contributed by atoms with Gasteiger partial charge in [0.15, 0.2) is 5.96 Å². The van der Waals surface area contributed by atoms with Gasteiger partial charge in [0, 0.05) is 6.54 Å². The van der Waals surface area contributed by atoms with E-state index in [2.05, 4.69) is 21.6 Å². The van der Waals surface area contributed by atoms with E-state index in [0.29, 0.717) is 24.6 Å². The second kappa shape index (κ2) is 10.2. The molecule has 0 radical (unpaired) electrons. The van der Waals surface area contributed by atoms with Gasteiger partial charge in [-0.3, -0.25) is 0 Å². The molecule has 5 nitrogen and oxygen atoms in total. The Morgan fingerprint density at radius 3 is 2.52 bits per heavy atom. The molecule has 21 heavy (non-hydrogen) atoms. The highest BCUT2D eigenvalue weighted by atomic mass is 127. The number of guanidine groups is 1. The molecule has 0 fully saturated rings. The molecule has 6 heteroatoms. The fourth-order valence-electron chi connectivity index (χ4n) is 1.54. The molecule has 1 aromatic carbocycles. The van der Waals surface area contributed by atoms with E-state index in [1.54, 1.807) is 12.1 Å². The third-order valence-corrected chi connectivity index (χ3v) is 2.61. The Bertz CT molecular complexity index is 498. The summed E-state index contributed by atoms with van der Waals surface area (Å²) in [5, 5.41) is 3.03. The van der Waals surface area contributed by atoms with Gasteiger partial charge in [0.2, 0.25) is 0 Å². The molecule has 0 saturated carbocycles. The molecule has 0 aliphatic rings. The maximum absolute atomic E-state index is 11.3. The standard InChI is InChI=1S/C15H21N3O2.HI/c1-11(2)10-18-15(16)17-9-8-12-4-6-13(7-5-12)14(19)20-3;/h4-7H,1,8-10H2,2-3H3,(H3,16,17,18);1H. The molecule has 0 bridgehead atoms. The van der Waals surface area contributed by atoms with E-state index in [1.807, 2.05) is 19.1 Å². The monoisotopic (exact) mass is 403 g/mol. The highest BCUT2D eigenvalue weighted by molar-refractivity contribution is 14.0. The highest BCUT2D eigenvalue weighted by Gasteiger charge is 2.04. The van der Waals surface area contributed by atoms with Crippen LogP contribution in [-0.4, -0.2) is 32.1 Å².